The van der Waals surface area contributed by atoms with Gasteiger partial charge in [0.2, 0.25) is 10.0 Å². The van der Waals surface area contributed by atoms with E-state index >= 15 is 0 Å². The van der Waals surface area contributed by atoms with E-state index in [0.717, 1.165) is 0 Å². The minimum atomic E-state index is -3.68. The first-order valence-corrected chi connectivity index (χ1v) is 8.74. The number of ketones is 1. The van der Waals surface area contributed by atoms with Crippen LogP contribution in [0.25, 0.3) is 0 Å². The molecule has 0 saturated carbocycles. The zero-order chi connectivity index (χ0) is 16.3. The molecule has 7 heteroatoms. The zero-order valence-electron chi connectivity index (χ0n) is 11.6. The molecule has 0 aromatic heterocycles. The van der Waals surface area contributed by atoms with E-state index < -0.39 is 10.0 Å². The van der Waals surface area contributed by atoms with Gasteiger partial charge in [-0.2, -0.15) is 0 Å². The second-order valence-corrected chi connectivity index (χ2v) is 7.25. The Kier molecular flexibility index (Phi) is 5.11. The van der Waals surface area contributed by atoms with Crippen molar-refractivity contribution in [1.29, 1.82) is 0 Å². The van der Waals surface area contributed by atoms with Crippen LogP contribution in [0.3, 0.4) is 0 Å². The van der Waals surface area contributed by atoms with Gasteiger partial charge in [0.1, 0.15) is 0 Å². The smallest absolute Gasteiger partial charge is 0.236 e. The number of rotatable bonds is 5. The summed E-state index contributed by atoms with van der Waals surface area (Å²) in [6.45, 7) is 1.38. The first-order chi connectivity index (χ1) is 10.3. The van der Waals surface area contributed by atoms with Crippen molar-refractivity contribution in [1.82, 2.24) is 0 Å². The average molecular weight is 358 g/mol. The molecular formula is C15H13Cl2NO3S. The summed E-state index contributed by atoms with van der Waals surface area (Å²) in [6.07, 6.45) is 0. The number of nitrogens with one attached hydrogen (secondary N) is 1. The fourth-order valence-electron chi connectivity index (χ4n) is 1.93. The van der Waals surface area contributed by atoms with Crippen molar-refractivity contribution in [2.75, 3.05) is 4.72 Å². The van der Waals surface area contributed by atoms with Crippen LogP contribution in [-0.4, -0.2) is 14.2 Å². The van der Waals surface area contributed by atoms with Crippen molar-refractivity contribution in [2.45, 2.75) is 12.7 Å². The lowest BCUT2D eigenvalue weighted by Gasteiger charge is -2.11. The first-order valence-electron chi connectivity index (χ1n) is 6.33. The van der Waals surface area contributed by atoms with Gasteiger partial charge in [-0.05, 0) is 36.8 Å². The molecule has 0 radical (unpaired) electrons. The molecule has 2 aromatic rings. The Morgan fingerprint density at radius 2 is 1.77 bits per heavy atom. The van der Waals surface area contributed by atoms with Crippen LogP contribution in [0.2, 0.25) is 10.0 Å². The number of anilines is 1. The van der Waals surface area contributed by atoms with E-state index in [4.69, 9.17) is 23.2 Å². The molecule has 0 bridgehead atoms. The summed E-state index contributed by atoms with van der Waals surface area (Å²) < 4.78 is 26.9. The van der Waals surface area contributed by atoms with Crippen molar-refractivity contribution >= 4 is 44.7 Å². The molecule has 0 amide bonds. The molecule has 0 aliphatic rings. The van der Waals surface area contributed by atoms with Gasteiger partial charge in [-0.3, -0.25) is 9.52 Å². The van der Waals surface area contributed by atoms with Crippen LogP contribution < -0.4 is 4.72 Å². The van der Waals surface area contributed by atoms with E-state index in [1.807, 2.05) is 0 Å². The molecule has 0 atom stereocenters. The average Bonchev–Trinajstić information content (AvgIpc) is 2.42. The number of carbonyl (C=O) groups excluding carboxylic acids is 1. The van der Waals surface area contributed by atoms with E-state index in [-0.39, 0.29) is 17.2 Å². The van der Waals surface area contributed by atoms with Gasteiger partial charge in [0, 0.05) is 5.56 Å². The Hall–Kier alpha value is -1.56. The van der Waals surface area contributed by atoms with E-state index in [2.05, 4.69) is 4.72 Å². The molecule has 2 rings (SSSR count). The molecule has 0 heterocycles. The standard InChI is InChI=1S/C15H13Cl2NO3S/c1-10(19)12-4-2-3-5-15(12)18-22(20,21)9-11-6-7-13(16)14(17)8-11/h2-8,18H,9H2,1H3. The van der Waals surface area contributed by atoms with Gasteiger partial charge in [0.15, 0.2) is 5.78 Å². The summed E-state index contributed by atoms with van der Waals surface area (Å²) >= 11 is 11.7. The fourth-order valence-corrected chi connectivity index (χ4v) is 3.46. The molecule has 0 fully saturated rings. The monoisotopic (exact) mass is 357 g/mol. The Morgan fingerprint density at radius 1 is 1.09 bits per heavy atom. The SMILES string of the molecule is CC(=O)c1ccccc1NS(=O)(=O)Cc1ccc(Cl)c(Cl)c1. The number of hydrogen-bond acceptors (Lipinski definition) is 3. The second-order valence-electron chi connectivity index (χ2n) is 4.71. The largest absolute Gasteiger partial charge is 0.294 e. The lowest BCUT2D eigenvalue weighted by atomic mass is 10.1. The Bertz CT molecular complexity index is 819. The minimum Gasteiger partial charge on any atom is -0.294 e. The summed E-state index contributed by atoms with van der Waals surface area (Å²) in [7, 11) is -3.68. The number of sulfonamides is 1. The van der Waals surface area contributed by atoms with E-state index in [0.29, 0.717) is 21.2 Å². The lowest BCUT2D eigenvalue weighted by Crippen LogP contribution is -2.16. The molecule has 0 aliphatic carbocycles. The van der Waals surface area contributed by atoms with Gasteiger partial charge >= 0.3 is 0 Å². The normalized spacial score (nSPS) is 11.2. The molecule has 0 aliphatic heterocycles. The summed E-state index contributed by atoms with van der Waals surface area (Å²) in [5, 5.41) is 0.649. The van der Waals surface area contributed by atoms with Gasteiger partial charge in [0.05, 0.1) is 21.5 Å². The van der Waals surface area contributed by atoms with Crippen molar-refractivity contribution in [3.05, 3.63) is 63.6 Å². The maximum Gasteiger partial charge on any atom is 0.236 e. The number of Topliss-reactive ketones (excluding diaryl/α,β-unsaturated/α-hetero) is 1. The number of hydrogen-bond donors (Lipinski definition) is 1. The Morgan fingerprint density at radius 3 is 2.41 bits per heavy atom. The fraction of sp³-hybridized carbons (Fsp3) is 0.133. The van der Waals surface area contributed by atoms with Gasteiger partial charge in [-0.25, -0.2) is 8.42 Å². The van der Waals surface area contributed by atoms with E-state index in [1.165, 1.54) is 19.1 Å². The summed E-state index contributed by atoms with van der Waals surface area (Å²) in [5.74, 6) is -0.483. The van der Waals surface area contributed by atoms with Crippen LogP contribution in [0.1, 0.15) is 22.8 Å². The van der Waals surface area contributed by atoms with Crippen molar-refractivity contribution in [3.63, 3.8) is 0 Å². The van der Waals surface area contributed by atoms with Gasteiger partial charge in [0.25, 0.3) is 0 Å². The van der Waals surface area contributed by atoms with Crippen LogP contribution >= 0.6 is 23.2 Å². The molecule has 0 saturated heterocycles. The Balaban J connectivity index is 2.25. The highest BCUT2D eigenvalue weighted by Gasteiger charge is 2.16. The van der Waals surface area contributed by atoms with Crippen LogP contribution in [0.5, 0.6) is 0 Å². The number of carbonyl (C=O) groups is 1. The predicted molar refractivity (Wildman–Crippen MR) is 89.2 cm³/mol. The highest BCUT2D eigenvalue weighted by atomic mass is 35.5. The molecule has 0 spiro atoms. The number of benzene rings is 2. The molecule has 2 aromatic carbocycles. The third-order valence-electron chi connectivity index (χ3n) is 2.91. The van der Waals surface area contributed by atoms with Crippen molar-refractivity contribution < 1.29 is 13.2 Å². The van der Waals surface area contributed by atoms with E-state index in [1.54, 1.807) is 30.3 Å². The van der Waals surface area contributed by atoms with Crippen molar-refractivity contribution in [3.8, 4) is 0 Å². The minimum absolute atomic E-state index is 0.215. The summed E-state index contributed by atoms with van der Waals surface area (Å²) in [6, 6.07) is 11.1. The van der Waals surface area contributed by atoms with Crippen LogP contribution in [0.15, 0.2) is 42.5 Å². The zero-order valence-corrected chi connectivity index (χ0v) is 14.0. The number of para-hydroxylation sites is 1. The third kappa shape index (κ3) is 4.22. The van der Waals surface area contributed by atoms with E-state index in [9.17, 15) is 13.2 Å². The highest BCUT2D eigenvalue weighted by molar-refractivity contribution is 7.91. The topological polar surface area (TPSA) is 63.2 Å². The molecule has 22 heavy (non-hydrogen) atoms. The third-order valence-corrected chi connectivity index (χ3v) is 4.90. The predicted octanol–water partition coefficient (Wildman–Crippen LogP) is 4.14. The first kappa shape index (κ1) is 16.8. The number of halogens is 2. The summed E-state index contributed by atoms with van der Waals surface area (Å²) in [4.78, 5) is 11.5. The highest BCUT2D eigenvalue weighted by Crippen LogP contribution is 2.24. The molecule has 4 nitrogen and oxygen atoms in total. The van der Waals surface area contributed by atoms with Gasteiger partial charge < -0.3 is 0 Å². The second kappa shape index (κ2) is 6.69. The van der Waals surface area contributed by atoms with Crippen molar-refractivity contribution in [2.24, 2.45) is 0 Å². The molecule has 1 N–H and O–H groups in total. The lowest BCUT2D eigenvalue weighted by molar-refractivity contribution is 0.101. The Labute approximate surface area is 139 Å². The molecule has 0 unspecified atom stereocenters. The maximum atomic E-state index is 12.2. The van der Waals surface area contributed by atoms with Gasteiger partial charge in [-0.1, -0.05) is 41.4 Å². The van der Waals surface area contributed by atoms with Crippen LogP contribution in [-0.2, 0) is 15.8 Å². The molecule has 116 valence electrons. The van der Waals surface area contributed by atoms with Crippen LogP contribution in [0.4, 0.5) is 5.69 Å². The quantitative estimate of drug-likeness (QED) is 0.817. The molecular weight excluding hydrogens is 345 g/mol. The van der Waals surface area contributed by atoms with Crippen LogP contribution in [0, 0.1) is 0 Å². The summed E-state index contributed by atoms with van der Waals surface area (Å²) in [5.41, 5.74) is 1.08. The maximum absolute atomic E-state index is 12.2. The van der Waals surface area contributed by atoms with Gasteiger partial charge in [-0.15, -0.1) is 0 Å².